The highest BCUT2D eigenvalue weighted by atomic mass is 16.5. The van der Waals surface area contributed by atoms with E-state index >= 15 is 0 Å². The molecule has 0 radical (unpaired) electrons. The van der Waals surface area contributed by atoms with Crippen LogP contribution in [0.2, 0.25) is 0 Å². The lowest BCUT2D eigenvalue weighted by molar-refractivity contribution is -0.122. The van der Waals surface area contributed by atoms with Gasteiger partial charge in [0.2, 0.25) is 0 Å². The first-order chi connectivity index (χ1) is 6.36. The molecule has 1 fully saturated rings. The molecule has 68 valence electrons. The van der Waals surface area contributed by atoms with Crippen LogP contribution in [-0.4, -0.2) is 12.4 Å². The van der Waals surface area contributed by atoms with Crippen LogP contribution in [0.25, 0.3) is 0 Å². The van der Waals surface area contributed by atoms with Gasteiger partial charge in [-0.05, 0) is 25.0 Å². The van der Waals surface area contributed by atoms with Crippen molar-refractivity contribution in [2.24, 2.45) is 5.92 Å². The molecule has 1 saturated carbocycles. The van der Waals surface area contributed by atoms with Gasteiger partial charge in [-0.2, -0.15) is 0 Å². The van der Waals surface area contributed by atoms with E-state index in [1.54, 1.807) is 0 Å². The van der Waals surface area contributed by atoms with E-state index in [4.69, 9.17) is 4.74 Å². The van der Waals surface area contributed by atoms with E-state index in [0.717, 1.165) is 18.6 Å². The minimum absolute atomic E-state index is 0.231. The molecule has 1 aromatic rings. The fourth-order valence-corrected chi connectivity index (χ4v) is 1.19. The van der Waals surface area contributed by atoms with Gasteiger partial charge in [-0.25, -0.2) is 0 Å². The van der Waals surface area contributed by atoms with Crippen molar-refractivity contribution in [2.45, 2.75) is 12.8 Å². The van der Waals surface area contributed by atoms with Crippen molar-refractivity contribution >= 4 is 5.78 Å². The smallest absolute Gasteiger partial charge is 0.173 e. The van der Waals surface area contributed by atoms with E-state index in [9.17, 15) is 4.79 Å². The fourth-order valence-electron chi connectivity index (χ4n) is 1.19. The Morgan fingerprint density at radius 2 is 2.00 bits per heavy atom. The molecular weight excluding hydrogens is 164 g/mol. The minimum atomic E-state index is 0.231. The summed E-state index contributed by atoms with van der Waals surface area (Å²) in [4.78, 5) is 11.3. The van der Waals surface area contributed by atoms with Crippen LogP contribution in [0.3, 0.4) is 0 Å². The summed E-state index contributed by atoms with van der Waals surface area (Å²) in [7, 11) is 0. The lowest BCUT2D eigenvalue weighted by Gasteiger charge is -2.03. The fraction of sp³-hybridized carbons (Fsp3) is 0.364. The van der Waals surface area contributed by atoms with E-state index in [0.29, 0.717) is 5.92 Å². The number of Topliss-reactive ketones (excluding diaryl/α,β-unsaturated/α-hetero) is 1. The quantitative estimate of drug-likeness (QED) is 0.701. The van der Waals surface area contributed by atoms with Gasteiger partial charge in [0.05, 0.1) is 0 Å². The van der Waals surface area contributed by atoms with Crippen molar-refractivity contribution in [3.63, 3.8) is 0 Å². The van der Waals surface area contributed by atoms with Gasteiger partial charge in [-0.1, -0.05) is 18.2 Å². The highest BCUT2D eigenvalue weighted by molar-refractivity contribution is 5.84. The predicted octanol–water partition coefficient (Wildman–Crippen LogP) is 2.04. The van der Waals surface area contributed by atoms with Crippen LogP contribution in [0.4, 0.5) is 0 Å². The molecule has 1 aromatic carbocycles. The van der Waals surface area contributed by atoms with Crippen molar-refractivity contribution in [1.82, 2.24) is 0 Å². The highest BCUT2D eigenvalue weighted by Gasteiger charge is 2.29. The first-order valence-corrected chi connectivity index (χ1v) is 4.57. The number of hydrogen-bond acceptors (Lipinski definition) is 2. The van der Waals surface area contributed by atoms with E-state index in [1.807, 2.05) is 30.3 Å². The summed E-state index contributed by atoms with van der Waals surface area (Å²) in [6, 6.07) is 9.45. The zero-order valence-corrected chi connectivity index (χ0v) is 7.40. The van der Waals surface area contributed by atoms with E-state index in [1.165, 1.54) is 0 Å². The number of ketones is 1. The van der Waals surface area contributed by atoms with Gasteiger partial charge in [0.25, 0.3) is 0 Å². The highest BCUT2D eigenvalue weighted by Crippen LogP contribution is 2.29. The zero-order chi connectivity index (χ0) is 9.10. The Morgan fingerprint density at radius 3 is 2.62 bits per heavy atom. The third-order valence-electron chi connectivity index (χ3n) is 2.16. The molecule has 0 aliphatic heterocycles. The van der Waals surface area contributed by atoms with Crippen molar-refractivity contribution in [3.8, 4) is 5.75 Å². The molecule has 1 aliphatic carbocycles. The number of para-hydroxylation sites is 1. The number of benzene rings is 1. The van der Waals surface area contributed by atoms with Crippen molar-refractivity contribution in [3.05, 3.63) is 30.3 Å². The van der Waals surface area contributed by atoms with Crippen LogP contribution in [-0.2, 0) is 4.79 Å². The molecule has 2 heteroatoms. The zero-order valence-electron chi connectivity index (χ0n) is 7.40. The Morgan fingerprint density at radius 1 is 1.31 bits per heavy atom. The number of carbonyl (C=O) groups excluding carboxylic acids is 1. The summed E-state index contributed by atoms with van der Waals surface area (Å²) in [6.07, 6.45) is 2.11. The van der Waals surface area contributed by atoms with Crippen molar-refractivity contribution in [1.29, 1.82) is 0 Å². The third-order valence-corrected chi connectivity index (χ3v) is 2.16. The monoisotopic (exact) mass is 176 g/mol. The molecule has 0 N–H and O–H groups in total. The molecule has 1 aliphatic rings. The topological polar surface area (TPSA) is 26.3 Å². The molecule has 2 rings (SSSR count). The summed E-state index contributed by atoms with van der Waals surface area (Å²) in [5, 5.41) is 0. The van der Waals surface area contributed by atoms with Gasteiger partial charge in [-0.3, -0.25) is 4.79 Å². The predicted molar refractivity (Wildman–Crippen MR) is 49.7 cm³/mol. The lowest BCUT2D eigenvalue weighted by Crippen LogP contribution is -2.12. The normalized spacial score (nSPS) is 15.4. The summed E-state index contributed by atoms with van der Waals surface area (Å²) >= 11 is 0. The third kappa shape index (κ3) is 2.31. The lowest BCUT2D eigenvalue weighted by atomic mass is 10.3. The van der Waals surface area contributed by atoms with E-state index in [2.05, 4.69) is 0 Å². The average molecular weight is 176 g/mol. The van der Waals surface area contributed by atoms with Gasteiger partial charge >= 0.3 is 0 Å². The molecule has 0 bridgehead atoms. The Hall–Kier alpha value is -1.31. The number of carbonyl (C=O) groups is 1. The van der Waals surface area contributed by atoms with Crippen LogP contribution in [0.5, 0.6) is 5.75 Å². The largest absolute Gasteiger partial charge is 0.486 e. The van der Waals surface area contributed by atoms with Crippen molar-refractivity contribution < 1.29 is 9.53 Å². The second kappa shape index (κ2) is 3.60. The summed E-state index contributed by atoms with van der Waals surface area (Å²) in [5.74, 6) is 1.31. The molecular formula is C11H12O2. The SMILES string of the molecule is O=C(COc1ccccc1)C1CC1. The second-order valence-electron chi connectivity index (χ2n) is 3.34. The minimum Gasteiger partial charge on any atom is -0.486 e. The van der Waals surface area contributed by atoms with Crippen LogP contribution in [0.1, 0.15) is 12.8 Å². The maximum absolute atomic E-state index is 11.3. The summed E-state index contributed by atoms with van der Waals surface area (Å²) in [6.45, 7) is 0.231. The summed E-state index contributed by atoms with van der Waals surface area (Å²) in [5.41, 5.74) is 0. The first-order valence-electron chi connectivity index (χ1n) is 4.57. The van der Waals surface area contributed by atoms with Crippen LogP contribution in [0.15, 0.2) is 30.3 Å². The Balaban J connectivity index is 1.82. The van der Waals surface area contributed by atoms with E-state index < -0.39 is 0 Å². The summed E-state index contributed by atoms with van der Waals surface area (Å²) < 4.78 is 5.32. The molecule has 0 amide bonds. The molecule has 0 spiro atoms. The molecule has 13 heavy (non-hydrogen) atoms. The van der Waals surface area contributed by atoms with Gasteiger partial charge < -0.3 is 4.74 Å². The van der Waals surface area contributed by atoms with Crippen LogP contribution < -0.4 is 4.74 Å². The molecule has 0 saturated heterocycles. The maximum atomic E-state index is 11.3. The van der Waals surface area contributed by atoms with Crippen molar-refractivity contribution in [2.75, 3.05) is 6.61 Å². The van der Waals surface area contributed by atoms with Gasteiger partial charge in [-0.15, -0.1) is 0 Å². The van der Waals surface area contributed by atoms with Crippen LogP contribution in [0, 0.1) is 5.92 Å². The van der Waals surface area contributed by atoms with Gasteiger partial charge in [0.15, 0.2) is 5.78 Å². The molecule has 0 heterocycles. The Labute approximate surface area is 77.5 Å². The van der Waals surface area contributed by atoms with Gasteiger partial charge in [0, 0.05) is 5.92 Å². The molecule has 2 nitrogen and oxygen atoms in total. The molecule has 0 atom stereocenters. The van der Waals surface area contributed by atoms with E-state index in [-0.39, 0.29) is 12.4 Å². The first kappa shape index (κ1) is 8.30. The maximum Gasteiger partial charge on any atom is 0.173 e. The number of rotatable bonds is 4. The molecule has 0 aromatic heterocycles. The Kier molecular flexibility index (Phi) is 2.30. The average Bonchev–Trinajstić information content (AvgIpc) is 2.99. The number of hydrogen-bond donors (Lipinski definition) is 0. The second-order valence-corrected chi connectivity index (χ2v) is 3.34. The standard InChI is InChI=1S/C11H12O2/c12-11(9-6-7-9)8-13-10-4-2-1-3-5-10/h1-5,9H,6-8H2. The molecule has 0 unspecified atom stereocenters. The van der Waals surface area contributed by atoms with Crippen LogP contribution >= 0.6 is 0 Å². The van der Waals surface area contributed by atoms with Gasteiger partial charge in [0.1, 0.15) is 12.4 Å². The number of ether oxygens (including phenoxy) is 1. The Bertz CT molecular complexity index is 288.